The first-order chi connectivity index (χ1) is 25.6. The van der Waals surface area contributed by atoms with Gasteiger partial charge >= 0.3 is 191 Å². The second-order valence-corrected chi connectivity index (χ2v) is 29.2. The summed E-state index contributed by atoms with van der Waals surface area (Å²) in [6.07, 6.45) is 10.0. The average molecular weight is 899 g/mol. The van der Waals surface area contributed by atoms with Gasteiger partial charge in [0, 0.05) is 0 Å². The van der Waals surface area contributed by atoms with E-state index in [1.807, 2.05) is 12.2 Å². The van der Waals surface area contributed by atoms with Crippen molar-refractivity contribution in [3.63, 3.8) is 0 Å². The Balaban J connectivity index is 0.000000340. The van der Waals surface area contributed by atoms with Crippen LogP contribution in [0.4, 0.5) is 0 Å². The Bertz CT molecular complexity index is 1940. The summed E-state index contributed by atoms with van der Waals surface area (Å²) in [7, 11) is -2.54. The largest absolute Gasteiger partial charge is 1.00 e. The molecule has 300 valence electrons. The van der Waals surface area contributed by atoms with E-state index in [9.17, 15) is 0 Å². The number of benzene rings is 4. The SMILES string of the molecule is CC(C)(C)c1ccc2[cH-]c3c(C(C)(C)C)cccc3c2c1.CC[Si](CC)(CC)c1ccc([C](=[Zr+2])c2ccc([Si](CC)(CC)CC)cc2)cc1.[C-]1=CC=CC1.[Cl-].[Cl-]. The van der Waals surface area contributed by atoms with Gasteiger partial charge in [0.05, 0.1) is 0 Å². The summed E-state index contributed by atoms with van der Waals surface area (Å²) in [5, 5.41) is 8.84. The molecule has 5 heteroatoms. The zero-order valence-corrected chi connectivity index (χ0v) is 42.6. The van der Waals surface area contributed by atoms with Gasteiger partial charge in [0.25, 0.3) is 0 Å². The topological polar surface area (TPSA) is 0 Å². The number of fused-ring (bicyclic) bond motifs is 3. The Morgan fingerprint density at radius 3 is 1.46 bits per heavy atom. The van der Waals surface area contributed by atoms with Crippen LogP contribution in [0.2, 0.25) is 36.3 Å². The number of halogens is 2. The van der Waals surface area contributed by atoms with Crippen molar-refractivity contribution in [3.05, 3.63) is 138 Å². The van der Waals surface area contributed by atoms with Crippen LogP contribution in [-0.2, 0) is 35.1 Å². The van der Waals surface area contributed by atoms with Crippen LogP contribution in [0.1, 0.15) is 112 Å². The maximum Gasteiger partial charge on any atom is -0.109 e. The van der Waals surface area contributed by atoms with Crippen molar-refractivity contribution < 1.29 is 49.0 Å². The van der Waals surface area contributed by atoms with E-state index >= 15 is 0 Å². The quantitative estimate of drug-likeness (QED) is 0.0991. The minimum atomic E-state index is -1.27. The molecule has 1 aliphatic carbocycles. The minimum absolute atomic E-state index is 0. The van der Waals surface area contributed by atoms with Gasteiger partial charge in [0.15, 0.2) is 0 Å². The molecule has 56 heavy (non-hydrogen) atoms. The molecule has 0 saturated heterocycles. The molecule has 0 amide bonds. The normalized spacial score (nSPS) is 12.7. The molecule has 6 rings (SSSR count). The Morgan fingerprint density at radius 2 is 1.11 bits per heavy atom. The van der Waals surface area contributed by atoms with Gasteiger partial charge in [0.1, 0.15) is 0 Å². The average Bonchev–Trinajstić information content (AvgIpc) is 3.89. The van der Waals surface area contributed by atoms with E-state index in [-0.39, 0.29) is 35.6 Å². The van der Waals surface area contributed by atoms with Gasteiger partial charge in [-0.2, -0.15) is 6.08 Å². The molecule has 0 aliphatic heterocycles. The predicted molar refractivity (Wildman–Crippen MR) is 246 cm³/mol. The van der Waals surface area contributed by atoms with E-state index in [0.717, 1.165) is 6.42 Å². The van der Waals surface area contributed by atoms with E-state index in [1.54, 1.807) is 10.4 Å². The van der Waals surface area contributed by atoms with Crippen LogP contribution in [0.5, 0.6) is 0 Å². The van der Waals surface area contributed by atoms with Crippen LogP contribution in [0.15, 0.2) is 109 Å². The zero-order valence-electron chi connectivity index (χ0n) is 36.6. The molecule has 0 nitrogen and oxygen atoms in total. The van der Waals surface area contributed by atoms with Gasteiger partial charge in [0.2, 0.25) is 0 Å². The molecule has 0 fully saturated rings. The summed E-state index contributed by atoms with van der Waals surface area (Å²) in [5.41, 5.74) is 6.03. The monoisotopic (exact) mass is 896 g/mol. The summed E-state index contributed by atoms with van der Waals surface area (Å²) >= 11 is 1.50. The van der Waals surface area contributed by atoms with Crippen LogP contribution in [0.25, 0.3) is 21.5 Å². The molecule has 0 unspecified atom stereocenters. The number of rotatable bonds is 10. The van der Waals surface area contributed by atoms with Gasteiger partial charge < -0.3 is 24.8 Å². The van der Waals surface area contributed by atoms with E-state index in [0.29, 0.717) is 0 Å². The molecule has 0 heterocycles. The Morgan fingerprint density at radius 1 is 0.625 bits per heavy atom. The first kappa shape index (κ1) is 50.1. The molecule has 5 aromatic carbocycles. The van der Waals surface area contributed by atoms with Crippen molar-refractivity contribution in [1.29, 1.82) is 0 Å². The third-order valence-corrected chi connectivity index (χ3v) is 25.3. The summed E-state index contributed by atoms with van der Waals surface area (Å²) in [4.78, 5) is 0. The van der Waals surface area contributed by atoms with Gasteiger partial charge in [-0.15, -0.1) is 40.1 Å². The summed E-state index contributed by atoms with van der Waals surface area (Å²) < 4.78 is 1.49. The Kier molecular flexibility index (Phi) is 19.6. The fourth-order valence-corrected chi connectivity index (χ4v) is 16.4. The van der Waals surface area contributed by atoms with Crippen molar-refractivity contribution in [2.45, 2.75) is 137 Å². The van der Waals surface area contributed by atoms with Crippen LogP contribution in [-0.4, -0.2) is 19.4 Å². The predicted octanol–water partition coefficient (Wildman–Crippen LogP) is 7.85. The fraction of sp³-hybridized carbons (Fsp3) is 0.412. The third-order valence-electron chi connectivity index (χ3n) is 12.6. The maximum atomic E-state index is 2.99. The van der Waals surface area contributed by atoms with Crippen molar-refractivity contribution in [2.75, 3.05) is 0 Å². The van der Waals surface area contributed by atoms with Crippen molar-refractivity contribution in [1.82, 2.24) is 0 Å². The van der Waals surface area contributed by atoms with Crippen LogP contribution in [0.3, 0.4) is 0 Å². The Hall–Kier alpha value is -2.00. The number of hydrogen-bond donors (Lipinski definition) is 0. The van der Waals surface area contributed by atoms with Crippen molar-refractivity contribution >= 4 is 51.3 Å². The number of allylic oxidation sites excluding steroid dienone is 4. The molecule has 0 atom stereocenters. The summed E-state index contributed by atoms with van der Waals surface area (Å²) in [6, 6.07) is 43.5. The molecule has 0 spiro atoms. The van der Waals surface area contributed by atoms with E-state index in [2.05, 4.69) is 186 Å². The maximum absolute atomic E-state index is 2.99. The number of hydrogen-bond acceptors (Lipinski definition) is 0. The van der Waals surface area contributed by atoms with Crippen molar-refractivity contribution in [3.8, 4) is 0 Å². The fourth-order valence-electron chi connectivity index (χ4n) is 8.36. The molecule has 0 N–H and O–H groups in total. The van der Waals surface area contributed by atoms with Gasteiger partial charge in [-0.05, 0) is 10.8 Å². The summed E-state index contributed by atoms with van der Waals surface area (Å²) in [6.45, 7) is 28.1. The second kappa shape index (κ2) is 21.8. The smallest absolute Gasteiger partial charge is 0.109 e. The van der Waals surface area contributed by atoms with Gasteiger partial charge in [-0.25, -0.2) is 12.2 Å². The molecule has 0 aromatic heterocycles. The van der Waals surface area contributed by atoms with Gasteiger partial charge in [-0.1, -0.05) is 83.0 Å². The molecule has 5 aromatic rings. The zero-order chi connectivity index (χ0) is 39.7. The standard InChI is InChI=1S/C25H38Si2.C21H25.C5H5.2ClH.Zr/c1-7-26(8-2,9-3)24-17-13-22(14-18-24)21-23-15-19-25(20-16-23)27(10-4,11-5)12-6;1-20(2,3)15-11-10-14-12-18-16(17(14)13-15)8-7-9-19(18)21(4,5)6;1-2-4-5-3-1;;;/h13-20H,7-12H2,1-6H3;7-13H,1-6H3;1-3H,4H2;2*1H;/q;2*-1;;;+2/p-2. The molecular weight excluding hydrogens is 831 g/mol. The van der Waals surface area contributed by atoms with Gasteiger partial charge in [-0.3, -0.25) is 6.08 Å². The van der Waals surface area contributed by atoms with Crippen LogP contribution in [0, 0.1) is 6.08 Å². The summed E-state index contributed by atoms with van der Waals surface area (Å²) in [5.74, 6) is 0. The Labute approximate surface area is 371 Å². The second-order valence-electron chi connectivity index (χ2n) is 17.4. The first-order valence-electron chi connectivity index (χ1n) is 20.8. The van der Waals surface area contributed by atoms with E-state index in [1.165, 1.54) is 108 Å². The molecule has 1 aliphatic rings. The minimum Gasteiger partial charge on any atom is -1.00 e. The van der Waals surface area contributed by atoms with Crippen LogP contribution < -0.4 is 35.2 Å². The van der Waals surface area contributed by atoms with Crippen LogP contribution >= 0.6 is 0 Å². The van der Waals surface area contributed by atoms with E-state index < -0.39 is 16.1 Å². The molecular formula is C51H68Cl2Si2Zr-2. The van der Waals surface area contributed by atoms with Crippen molar-refractivity contribution in [2.24, 2.45) is 0 Å². The van der Waals surface area contributed by atoms with E-state index in [4.69, 9.17) is 0 Å². The molecule has 0 radical (unpaired) electrons. The third kappa shape index (κ3) is 11.6. The molecule has 0 bridgehead atoms. The first-order valence-corrected chi connectivity index (χ1v) is 27.3. The molecule has 0 saturated carbocycles.